The van der Waals surface area contributed by atoms with Crippen molar-refractivity contribution in [2.75, 3.05) is 5.32 Å². The Hall–Kier alpha value is -6.24. The quantitative estimate of drug-likeness (QED) is 0.105. The molecule has 6 aromatic carbocycles. The van der Waals surface area contributed by atoms with E-state index in [2.05, 4.69) is 20.5 Å². The number of para-hydroxylation sites is 2. The SMILES string of the molecule is O=P(Oc1ccccc1)(Oc1ccccc1)C(Nc1ccc(-c2ccc(N=Nc3c(O)ccc4ccccc34)cc2)cc1)c1cccnc1. The zero-order valence-corrected chi connectivity index (χ0v) is 27.1. The maximum Gasteiger partial charge on any atom is 0.457 e. The lowest BCUT2D eigenvalue weighted by Crippen LogP contribution is -2.18. The first-order chi connectivity index (χ1) is 24.0. The highest BCUT2D eigenvalue weighted by Crippen LogP contribution is 2.60. The van der Waals surface area contributed by atoms with Gasteiger partial charge in [-0.05, 0) is 77.2 Å². The maximum absolute atomic E-state index is 14.8. The number of azo groups is 1. The van der Waals surface area contributed by atoms with Crippen molar-refractivity contribution in [2.45, 2.75) is 5.78 Å². The summed E-state index contributed by atoms with van der Waals surface area (Å²) in [5, 5.41) is 24.4. The lowest BCUT2D eigenvalue weighted by atomic mass is 10.1. The molecule has 2 N–H and O–H groups in total. The van der Waals surface area contributed by atoms with E-state index in [1.165, 1.54) is 0 Å². The van der Waals surface area contributed by atoms with Gasteiger partial charge in [0.05, 0.1) is 5.69 Å². The number of hydrogen-bond acceptors (Lipinski definition) is 8. The number of anilines is 1. The number of fused-ring (bicyclic) bond motifs is 1. The molecule has 0 amide bonds. The zero-order chi connectivity index (χ0) is 33.5. The van der Waals surface area contributed by atoms with Gasteiger partial charge in [-0.3, -0.25) is 4.98 Å². The Kier molecular flexibility index (Phi) is 9.13. The van der Waals surface area contributed by atoms with Gasteiger partial charge in [0.25, 0.3) is 0 Å². The van der Waals surface area contributed by atoms with Crippen molar-refractivity contribution in [2.24, 2.45) is 10.2 Å². The van der Waals surface area contributed by atoms with E-state index in [1.54, 1.807) is 48.8 Å². The van der Waals surface area contributed by atoms with Crippen LogP contribution in [0.25, 0.3) is 21.9 Å². The molecule has 7 aromatic rings. The average molecular weight is 663 g/mol. The van der Waals surface area contributed by atoms with Gasteiger partial charge in [-0.25, -0.2) is 4.57 Å². The Morgan fingerprint density at radius 3 is 1.88 bits per heavy atom. The zero-order valence-electron chi connectivity index (χ0n) is 26.2. The number of nitrogens with one attached hydrogen (secondary N) is 1. The maximum atomic E-state index is 14.8. The number of phenolic OH excluding ortho intramolecular Hbond substituents is 1. The van der Waals surface area contributed by atoms with E-state index in [1.807, 2.05) is 121 Å². The van der Waals surface area contributed by atoms with Crippen LogP contribution in [0, 0.1) is 0 Å². The van der Waals surface area contributed by atoms with Gasteiger partial charge in [-0.1, -0.05) is 97.1 Å². The van der Waals surface area contributed by atoms with E-state index in [0.717, 1.165) is 21.9 Å². The van der Waals surface area contributed by atoms with Crippen LogP contribution >= 0.6 is 7.60 Å². The molecule has 0 saturated carbocycles. The molecule has 240 valence electrons. The summed E-state index contributed by atoms with van der Waals surface area (Å²) in [6.45, 7) is 0. The number of rotatable bonds is 11. The summed E-state index contributed by atoms with van der Waals surface area (Å²) in [7, 11) is -3.97. The summed E-state index contributed by atoms with van der Waals surface area (Å²) in [6, 6.07) is 48.3. The third-order valence-corrected chi connectivity index (χ3v) is 9.79. The summed E-state index contributed by atoms with van der Waals surface area (Å²) >= 11 is 0. The van der Waals surface area contributed by atoms with Gasteiger partial charge in [-0.15, -0.1) is 5.11 Å². The highest BCUT2D eigenvalue weighted by molar-refractivity contribution is 7.55. The fraction of sp³-hybridized carbons (Fsp3) is 0.0250. The number of pyridine rings is 1. The number of benzene rings is 6. The molecule has 0 bridgehead atoms. The van der Waals surface area contributed by atoms with Crippen molar-refractivity contribution in [1.29, 1.82) is 0 Å². The molecule has 0 saturated heterocycles. The lowest BCUT2D eigenvalue weighted by Gasteiger charge is -2.29. The standard InChI is InChI=1S/C40H31N4O4P/c45-38-26-21-31-10-7-8-16-37(31)39(38)44-43-34-24-19-30(20-25-34)29-17-22-33(23-18-29)42-40(32-11-9-27-41-28-32)49(46,47-35-12-3-1-4-13-35)48-36-14-5-2-6-15-36/h1-28,40,42,45H. The molecule has 0 spiro atoms. The Bertz CT molecular complexity index is 2190. The van der Waals surface area contributed by atoms with Crippen molar-refractivity contribution in [1.82, 2.24) is 4.98 Å². The van der Waals surface area contributed by atoms with Gasteiger partial charge in [0.1, 0.15) is 22.9 Å². The highest BCUT2D eigenvalue weighted by atomic mass is 31.2. The molecule has 8 nitrogen and oxygen atoms in total. The first-order valence-corrected chi connectivity index (χ1v) is 17.2. The van der Waals surface area contributed by atoms with Crippen LogP contribution in [0.5, 0.6) is 17.2 Å². The third kappa shape index (κ3) is 7.35. The molecule has 0 radical (unpaired) electrons. The van der Waals surface area contributed by atoms with Crippen molar-refractivity contribution in [3.05, 3.63) is 176 Å². The third-order valence-electron chi connectivity index (χ3n) is 7.80. The molecule has 9 heteroatoms. The van der Waals surface area contributed by atoms with E-state index < -0.39 is 13.4 Å². The van der Waals surface area contributed by atoms with E-state index in [9.17, 15) is 9.67 Å². The van der Waals surface area contributed by atoms with Crippen molar-refractivity contribution in [3.8, 4) is 28.4 Å². The molecule has 0 aliphatic rings. The number of nitrogens with zero attached hydrogens (tertiary/aromatic N) is 3. The lowest BCUT2D eigenvalue weighted by molar-refractivity contribution is 0.376. The Morgan fingerprint density at radius 1 is 0.633 bits per heavy atom. The molecule has 0 fully saturated rings. The van der Waals surface area contributed by atoms with Crippen LogP contribution in [0.4, 0.5) is 17.1 Å². The smallest absolute Gasteiger partial charge is 0.457 e. The van der Waals surface area contributed by atoms with Gasteiger partial charge >= 0.3 is 7.60 Å². The Labute approximate surface area is 283 Å². The molecule has 49 heavy (non-hydrogen) atoms. The monoisotopic (exact) mass is 662 g/mol. The first-order valence-electron chi connectivity index (χ1n) is 15.6. The fourth-order valence-corrected chi connectivity index (χ4v) is 7.26. The van der Waals surface area contributed by atoms with Crippen LogP contribution in [0.1, 0.15) is 11.3 Å². The van der Waals surface area contributed by atoms with Crippen molar-refractivity contribution >= 4 is 35.4 Å². The highest BCUT2D eigenvalue weighted by Gasteiger charge is 2.41. The minimum atomic E-state index is -3.97. The van der Waals surface area contributed by atoms with E-state index in [4.69, 9.17) is 9.05 Å². The number of aromatic hydroxyl groups is 1. The summed E-state index contributed by atoms with van der Waals surface area (Å²) in [6.07, 6.45) is 3.32. The molecule has 1 aromatic heterocycles. The average Bonchev–Trinajstić information content (AvgIpc) is 3.15. The number of aromatic nitrogens is 1. The molecule has 1 unspecified atom stereocenters. The number of hydrogen-bond donors (Lipinski definition) is 2. The molecule has 0 aliphatic carbocycles. The molecule has 1 heterocycles. The van der Waals surface area contributed by atoms with Crippen LogP contribution < -0.4 is 14.4 Å². The van der Waals surface area contributed by atoms with Gasteiger partial charge < -0.3 is 19.5 Å². The van der Waals surface area contributed by atoms with Crippen LogP contribution in [0.3, 0.4) is 0 Å². The summed E-state index contributed by atoms with van der Waals surface area (Å²) in [5.74, 6) is 0.0286. The normalized spacial score (nSPS) is 12.1. The Balaban J connectivity index is 1.13. The second kappa shape index (κ2) is 14.3. The molecule has 1 atom stereocenters. The molecule has 0 aliphatic heterocycles. The second-order valence-corrected chi connectivity index (χ2v) is 13.1. The van der Waals surface area contributed by atoms with Crippen molar-refractivity contribution < 1.29 is 18.7 Å². The molecular formula is C40H31N4O4P. The van der Waals surface area contributed by atoms with Crippen molar-refractivity contribution in [3.63, 3.8) is 0 Å². The van der Waals surface area contributed by atoms with E-state index in [0.29, 0.717) is 34.1 Å². The van der Waals surface area contributed by atoms with Crippen LogP contribution in [0.2, 0.25) is 0 Å². The molecule has 7 rings (SSSR count). The second-order valence-electron chi connectivity index (χ2n) is 11.2. The first kappa shape index (κ1) is 31.4. The fourth-order valence-electron chi connectivity index (χ4n) is 5.36. The van der Waals surface area contributed by atoms with Gasteiger partial charge in [0, 0.05) is 29.0 Å². The predicted octanol–water partition coefficient (Wildman–Crippen LogP) is 11.5. The summed E-state index contributed by atoms with van der Waals surface area (Å²) < 4.78 is 27.2. The van der Waals surface area contributed by atoms with Gasteiger partial charge in [0.15, 0.2) is 5.78 Å². The van der Waals surface area contributed by atoms with E-state index in [-0.39, 0.29) is 5.75 Å². The van der Waals surface area contributed by atoms with Crippen LogP contribution in [-0.2, 0) is 4.57 Å². The topological polar surface area (TPSA) is 105 Å². The minimum Gasteiger partial charge on any atom is -0.506 e. The number of phenols is 1. The van der Waals surface area contributed by atoms with Crippen LogP contribution in [0.15, 0.2) is 180 Å². The minimum absolute atomic E-state index is 0.0770. The van der Waals surface area contributed by atoms with Gasteiger partial charge in [-0.2, -0.15) is 5.11 Å². The Morgan fingerprint density at radius 2 is 1.24 bits per heavy atom. The molecular weight excluding hydrogens is 631 g/mol. The predicted molar refractivity (Wildman–Crippen MR) is 194 cm³/mol. The largest absolute Gasteiger partial charge is 0.506 e. The van der Waals surface area contributed by atoms with E-state index >= 15 is 0 Å². The van der Waals surface area contributed by atoms with Crippen LogP contribution in [-0.4, -0.2) is 10.1 Å². The summed E-state index contributed by atoms with van der Waals surface area (Å²) in [4.78, 5) is 4.28. The summed E-state index contributed by atoms with van der Waals surface area (Å²) in [5.41, 5.74) is 4.40. The van der Waals surface area contributed by atoms with Gasteiger partial charge in [0.2, 0.25) is 0 Å².